The normalized spacial score (nSPS) is 13.6. The number of rotatable bonds is 11. The van der Waals surface area contributed by atoms with Gasteiger partial charge in [-0.2, -0.15) is 0 Å². The molecule has 1 atom stereocenters. The van der Waals surface area contributed by atoms with Crippen LogP contribution in [0.2, 0.25) is 0 Å². The Morgan fingerprint density at radius 2 is 2.03 bits per heavy atom. The van der Waals surface area contributed by atoms with E-state index in [1.807, 2.05) is 0 Å². The minimum Gasteiger partial charge on any atom is -0.496 e. The molecule has 0 saturated heterocycles. The van der Waals surface area contributed by atoms with Crippen molar-refractivity contribution >= 4 is 17.1 Å². The fourth-order valence-electron chi connectivity index (χ4n) is 5.17. The van der Waals surface area contributed by atoms with Gasteiger partial charge in [0.05, 0.1) is 23.4 Å². The molecule has 3 aromatic rings. The smallest absolute Gasteiger partial charge is 0.186 e. The summed E-state index contributed by atoms with van der Waals surface area (Å²) >= 11 is 1.68. The van der Waals surface area contributed by atoms with Gasteiger partial charge in [0.25, 0.3) is 0 Å². The molecule has 4 nitrogen and oxygen atoms in total. The molecular weight excluding hydrogens is 440 g/mol. The largest absolute Gasteiger partial charge is 0.496 e. The van der Waals surface area contributed by atoms with Crippen LogP contribution in [0.1, 0.15) is 87.1 Å². The number of methoxy groups -OCH3 is 1. The summed E-state index contributed by atoms with van der Waals surface area (Å²) in [6.07, 6.45) is 7.96. The van der Waals surface area contributed by atoms with Crippen molar-refractivity contribution in [1.29, 1.82) is 0 Å². The molecule has 0 saturated carbocycles. The molecule has 2 aromatic heterocycles. The molecule has 4 rings (SSSR count). The summed E-state index contributed by atoms with van der Waals surface area (Å²) in [5, 5.41) is 2.08. The lowest BCUT2D eigenvalue weighted by Crippen LogP contribution is -2.19. The molecule has 0 N–H and O–H groups in total. The summed E-state index contributed by atoms with van der Waals surface area (Å²) in [6.45, 7) is 8.82. The summed E-state index contributed by atoms with van der Waals surface area (Å²) < 4.78 is 8.04. The number of ketones is 1. The maximum Gasteiger partial charge on any atom is 0.186 e. The van der Waals surface area contributed by atoms with Gasteiger partial charge >= 0.3 is 0 Å². The van der Waals surface area contributed by atoms with E-state index in [2.05, 4.69) is 61.9 Å². The van der Waals surface area contributed by atoms with Gasteiger partial charge in [-0.15, -0.1) is 11.3 Å². The minimum absolute atomic E-state index is 0.0519. The molecule has 0 fully saturated rings. The average molecular weight is 479 g/mol. The minimum atomic E-state index is 0.0519. The van der Waals surface area contributed by atoms with Crippen LogP contribution in [-0.4, -0.2) is 22.4 Å². The number of carbonyl (C=O) groups excluding carboxylic acids is 1. The highest BCUT2D eigenvalue weighted by molar-refractivity contribution is 7.13. The summed E-state index contributed by atoms with van der Waals surface area (Å²) in [6, 6.07) is 8.66. The zero-order chi connectivity index (χ0) is 24.2. The van der Waals surface area contributed by atoms with Crippen LogP contribution < -0.4 is 4.74 Å². The number of benzene rings is 1. The predicted octanol–water partition coefficient (Wildman–Crippen LogP) is 7.70. The fourth-order valence-corrected chi connectivity index (χ4v) is 5.87. The first kappa shape index (κ1) is 24.7. The number of fused-ring (bicyclic) bond motifs is 3. The van der Waals surface area contributed by atoms with Gasteiger partial charge in [-0.1, -0.05) is 53.0 Å². The van der Waals surface area contributed by atoms with Gasteiger partial charge in [0.2, 0.25) is 0 Å². The second-order valence-corrected chi connectivity index (χ2v) is 10.8. The highest BCUT2D eigenvalue weighted by Crippen LogP contribution is 2.39. The number of hydrogen-bond acceptors (Lipinski definition) is 4. The topological polar surface area (TPSA) is 44.1 Å². The zero-order valence-corrected chi connectivity index (χ0v) is 22.1. The number of hydrogen-bond donors (Lipinski definition) is 0. The number of aromatic nitrogens is 2. The van der Waals surface area contributed by atoms with E-state index in [9.17, 15) is 4.79 Å². The van der Waals surface area contributed by atoms with E-state index in [-0.39, 0.29) is 11.7 Å². The van der Waals surface area contributed by atoms with Crippen molar-refractivity contribution in [1.82, 2.24) is 9.55 Å². The quantitative estimate of drug-likeness (QED) is 0.209. The monoisotopic (exact) mass is 478 g/mol. The van der Waals surface area contributed by atoms with Gasteiger partial charge < -0.3 is 4.74 Å². The lowest BCUT2D eigenvalue weighted by atomic mass is 9.90. The molecule has 0 amide bonds. The molecule has 0 radical (unpaired) electrons. The van der Waals surface area contributed by atoms with Crippen LogP contribution >= 0.6 is 11.3 Å². The standard InChI is InChI=1S/C29H38N2O2S/c1-6-8-9-11-20(7-2)28(32)27-23-14-13-21-18-25(33-5)22(16-19(3)4)17-24(21)31(23)29(30-27)26-12-10-15-34-26/h10,12,15,17-20H,6-9,11,13-14,16H2,1-5H3. The summed E-state index contributed by atoms with van der Waals surface area (Å²) in [5.74, 6) is 2.67. The van der Waals surface area contributed by atoms with Crippen molar-refractivity contribution < 1.29 is 9.53 Å². The van der Waals surface area contributed by atoms with Gasteiger partial charge in [-0.3, -0.25) is 9.36 Å². The average Bonchev–Trinajstić information content (AvgIpc) is 3.49. The Bertz CT molecular complexity index is 1130. The third kappa shape index (κ3) is 4.86. The van der Waals surface area contributed by atoms with Gasteiger partial charge in [0.15, 0.2) is 11.6 Å². The first-order valence-corrected chi connectivity index (χ1v) is 13.8. The summed E-state index contributed by atoms with van der Waals surface area (Å²) in [4.78, 5) is 19.9. The van der Waals surface area contributed by atoms with Gasteiger partial charge in [-0.05, 0) is 72.7 Å². The van der Waals surface area contributed by atoms with Crippen LogP contribution in [0.25, 0.3) is 16.4 Å². The molecule has 34 heavy (non-hydrogen) atoms. The van der Waals surface area contributed by atoms with Crippen molar-refractivity contribution in [3.05, 3.63) is 52.2 Å². The maximum absolute atomic E-state index is 13.8. The second kappa shape index (κ2) is 10.9. The molecule has 182 valence electrons. The molecule has 0 aliphatic carbocycles. The van der Waals surface area contributed by atoms with E-state index in [0.29, 0.717) is 11.6 Å². The molecular formula is C29H38N2O2S. The highest BCUT2D eigenvalue weighted by atomic mass is 32.1. The molecule has 3 heterocycles. The van der Waals surface area contributed by atoms with E-state index in [4.69, 9.17) is 9.72 Å². The van der Waals surface area contributed by atoms with E-state index >= 15 is 0 Å². The lowest BCUT2D eigenvalue weighted by molar-refractivity contribution is 0.0902. The van der Waals surface area contributed by atoms with E-state index < -0.39 is 0 Å². The Morgan fingerprint density at radius 1 is 1.21 bits per heavy atom. The van der Waals surface area contributed by atoms with Crippen molar-refractivity contribution in [2.24, 2.45) is 11.8 Å². The number of imidazole rings is 1. The zero-order valence-electron chi connectivity index (χ0n) is 21.3. The van der Waals surface area contributed by atoms with Gasteiger partial charge in [0.1, 0.15) is 11.4 Å². The third-order valence-corrected chi connectivity index (χ3v) is 7.82. The molecule has 0 bridgehead atoms. The molecule has 5 heteroatoms. The predicted molar refractivity (Wildman–Crippen MR) is 142 cm³/mol. The van der Waals surface area contributed by atoms with Crippen molar-refractivity contribution in [3.8, 4) is 22.1 Å². The number of Topliss-reactive ketones (excluding diaryl/α,β-unsaturated/α-hetero) is 1. The first-order chi connectivity index (χ1) is 16.5. The van der Waals surface area contributed by atoms with Crippen molar-refractivity contribution in [3.63, 3.8) is 0 Å². The highest BCUT2D eigenvalue weighted by Gasteiger charge is 2.31. The first-order valence-electron chi connectivity index (χ1n) is 12.9. The van der Waals surface area contributed by atoms with Crippen LogP contribution in [-0.2, 0) is 19.3 Å². The molecule has 1 unspecified atom stereocenters. The molecule has 1 aliphatic heterocycles. The Kier molecular flexibility index (Phi) is 7.92. The third-order valence-electron chi connectivity index (χ3n) is 6.95. The summed E-state index contributed by atoms with van der Waals surface area (Å²) in [7, 11) is 1.76. The number of nitrogens with zero attached hydrogens (tertiary/aromatic N) is 2. The van der Waals surface area contributed by atoms with Gasteiger partial charge in [0, 0.05) is 5.92 Å². The number of aryl methyl sites for hydroxylation is 1. The fraction of sp³-hybridized carbons (Fsp3) is 0.517. The van der Waals surface area contributed by atoms with Gasteiger partial charge in [-0.25, -0.2) is 4.98 Å². The Hall–Kier alpha value is -2.40. The van der Waals surface area contributed by atoms with Crippen LogP contribution in [0.4, 0.5) is 0 Å². The number of carbonyl (C=O) groups is 1. The Labute approximate surface area is 208 Å². The summed E-state index contributed by atoms with van der Waals surface area (Å²) in [5.41, 5.74) is 5.41. The maximum atomic E-state index is 13.8. The molecule has 1 aromatic carbocycles. The van der Waals surface area contributed by atoms with E-state index in [1.54, 1.807) is 18.4 Å². The van der Waals surface area contributed by atoms with Crippen LogP contribution in [0.15, 0.2) is 29.6 Å². The Morgan fingerprint density at radius 3 is 2.68 bits per heavy atom. The van der Waals surface area contributed by atoms with Crippen molar-refractivity contribution in [2.75, 3.05) is 7.11 Å². The van der Waals surface area contributed by atoms with E-state index in [0.717, 1.165) is 66.4 Å². The van der Waals surface area contributed by atoms with E-state index in [1.165, 1.54) is 24.0 Å². The van der Waals surface area contributed by atoms with Crippen molar-refractivity contribution in [2.45, 2.75) is 79.1 Å². The number of unbranched alkanes of at least 4 members (excludes halogenated alkanes) is 2. The second-order valence-electron chi connectivity index (χ2n) is 9.90. The molecule has 0 spiro atoms. The van der Waals surface area contributed by atoms with Crippen LogP contribution in [0.5, 0.6) is 5.75 Å². The number of ether oxygens (including phenoxy) is 1. The van der Waals surface area contributed by atoms with Crippen LogP contribution in [0.3, 0.4) is 0 Å². The SMILES string of the molecule is CCCCCC(CC)C(=O)c1nc(-c2cccs2)n2c1CCc1cc(OC)c(CC(C)C)cc1-2. The Balaban J connectivity index is 1.84. The lowest BCUT2D eigenvalue weighted by Gasteiger charge is -2.24. The van der Waals surface area contributed by atoms with Crippen LogP contribution in [0, 0.1) is 11.8 Å². The molecule has 1 aliphatic rings. The number of thiophene rings is 1.